The van der Waals surface area contributed by atoms with Crippen molar-refractivity contribution >= 4 is 18.4 Å². The highest BCUT2D eigenvalue weighted by molar-refractivity contribution is 7.71. The van der Waals surface area contributed by atoms with Crippen LogP contribution in [-0.2, 0) is 0 Å². The topological polar surface area (TPSA) is 59.1 Å². The van der Waals surface area contributed by atoms with Crippen LogP contribution in [0.5, 0.6) is 0 Å². The van der Waals surface area contributed by atoms with E-state index in [1.54, 1.807) is 18.3 Å². The fraction of sp³-hybridized carbons (Fsp3) is 0.235. The molecule has 0 radical (unpaired) electrons. The average Bonchev–Trinajstić information content (AvgIpc) is 2.97. The summed E-state index contributed by atoms with van der Waals surface area (Å²) in [5.74, 6) is 2.95. The maximum atomic E-state index is 13.4. The molecule has 2 heterocycles. The molecule has 2 atom stereocenters. The third-order valence-electron chi connectivity index (χ3n) is 4.16. The van der Waals surface area contributed by atoms with Gasteiger partial charge in [0.1, 0.15) is 17.3 Å². The summed E-state index contributed by atoms with van der Waals surface area (Å²) in [7, 11) is 0. The molecule has 1 fully saturated rings. The predicted octanol–water partition coefficient (Wildman–Crippen LogP) is 4.35. The standard InChI is InChI=1S/C17H15FN4OS/c1-10-7-14(10)15-6-5-13(23-15)9-19-22-16(20-21-17(22)24)11-3-2-4-12(18)8-11/h2-6,8-10,14H,7H2,1H3,(H,21,24)/b19-9-/t10-,14-/m0/s1. The Balaban J connectivity index is 1.64. The molecule has 2 aromatic heterocycles. The minimum atomic E-state index is -0.342. The van der Waals surface area contributed by atoms with Gasteiger partial charge in [0.2, 0.25) is 4.77 Å². The van der Waals surface area contributed by atoms with Gasteiger partial charge in [0, 0.05) is 11.5 Å². The molecule has 1 aliphatic rings. The van der Waals surface area contributed by atoms with E-state index in [0.29, 0.717) is 33.8 Å². The van der Waals surface area contributed by atoms with Crippen molar-refractivity contribution in [2.24, 2.45) is 11.0 Å². The fourth-order valence-electron chi connectivity index (χ4n) is 2.68. The Labute approximate surface area is 142 Å². The van der Waals surface area contributed by atoms with Gasteiger partial charge >= 0.3 is 0 Å². The number of furan rings is 1. The van der Waals surface area contributed by atoms with E-state index in [4.69, 9.17) is 16.6 Å². The lowest BCUT2D eigenvalue weighted by atomic mass is 10.2. The summed E-state index contributed by atoms with van der Waals surface area (Å²) in [6.07, 6.45) is 2.76. The normalized spacial score (nSPS) is 19.9. The highest BCUT2D eigenvalue weighted by Gasteiger charge is 2.36. The van der Waals surface area contributed by atoms with Crippen molar-refractivity contribution in [1.82, 2.24) is 14.9 Å². The molecule has 1 saturated carbocycles. The highest BCUT2D eigenvalue weighted by Crippen LogP contribution is 2.47. The second-order valence-corrected chi connectivity index (χ2v) is 6.37. The molecule has 1 N–H and O–H groups in total. The second kappa shape index (κ2) is 5.83. The summed E-state index contributed by atoms with van der Waals surface area (Å²) < 4.78 is 21.0. The van der Waals surface area contributed by atoms with Crippen LogP contribution < -0.4 is 0 Å². The monoisotopic (exact) mass is 342 g/mol. The van der Waals surface area contributed by atoms with Crippen LogP contribution in [0.1, 0.15) is 30.8 Å². The van der Waals surface area contributed by atoms with Crippen LogP contribution >= 0.6 is 12.2 Å². The second-order valence-electron chi connectivity index (χ2n) is 5.98. The molecule has 24 heavy (non-hydrogen) atoms. The maximum absolute atomic E-state index is 13.4. The first-order chi connectivity index (χ1) is 11.6. The summed E-state index contributed by atoms with van der Waals surface area (Å²) in [6.45, 7) is 2.21. The molecule has 3 aromatic rings. The van der Waals surface area contributed by atoms with Crippen molar-refractivity contribution in [3.8, 4) is 11.4 Å². The van der Waals surface area contributed by atoms with E-state index < -0.39 is 0 Å². The Morgan fingerprint density at radius 2 is 2.25 bits per heavy atom. The number of nitrogens with one attached hydrogen (secondary N) is 1. The van der Waals surface area contributed by atoms with E-state index in [0.717, 1.165) is 5.76 Å². The largest absolute Gasteiger partial charge is 0.460 e. The number of rotatable bonds is 4. The van der Waals surface area contributed by atoms with Crippen molar-refractivity contribution < 1.29 is 8.81 Å². The molecule has 122 valence electrons. The van der Waals surface area contributed by atoms with Crippen molar-refractivity contribution in [1.29, 1.82) is 0 Å². The third kappa shape index (κ3) is 2.82. The van der Waals surface area contributed by atoms with Gasteiger partial charge in [-0.3, -0.25) is 0 Å². The summed E-state index contributed by atoms with van der Waals surface area (Å²) >= 11 is 5.20. The Kier molecular flexibility index (Phi) is 3.65. The first kappa shape index (κ1) is 15.0. The molecule has 0 unspecified atom stereocenters. The summed E-state index contributed by atoms with van der Waals surface area (Å²) in [4.78, 5) is 0. The molecular weight excluding hydrogens is 327 g/mol. The zero-order valence-corrected chi connectivity index (χ0v) is 13.8. The number of aromatic amines is 1. The Bertz CT molecular complexity index is 971. The highest BCUT2D eigenvalue weighted by atomic mass is 32.1. The van der Waals surface area contributed by atoms with Crippen LogP contribution in [-0.4, -0.2) is 21.1 Å². The van der Waals surface area contributed by atoms with E-state index in [-0.39, 0.29) is 5.82 Å². The van der Waals surface area contributed by atoms with Crippen LogP contribution in [0.2, 0.25) is 0 Å². The minimum absolute atomic E-state index is 0.327. The molecule has 7 heteroatoms. The van der Waals surface area contributed by atoms with Gasteiger partial charge in [-0.05, 0) is 48.8 Å². The quantitative estimate of drug-likeness (QED) is 0.566. The van der Waals surface area contributed by atoms with Gasteiger partial charge in [-0.2, -0.15) is 14.9 Å². The van der Waals surface area contributed by atoms with E-state index in [2.05, 4.69) is 22.2 Å². The lowest BCUT2D eigenvalue weighted by Crippen LogP contribution is -1.95. The average molecular weight is 342 g/mol. The number of H-pyrrole nitrogens is 1. The van der Waals surface area contributed by atoms with Crippen molar-refractivity contribution in [3.05, 3.63) is 58.5 Å². The van der Waals surface area contributed by atoms with Crippen molar-refractivity contribution in [3.63, 3.8) is 0 Å². The van der Waals surface area contributed by atoms with Gasteiger partial charge in [0.05, 0.1) is 6.21 Å². The van der Waals surface area contributed by atoms with Crippen LogP contribution in [0, 0.1) is 16.5 Å². The van der Waals surface area contributed by atoms with Crippen LogP contribution in [0.4, 0.5) is 4.39 Å². The van der Waals surface area contributed by atoms with Crippen molar-refractivity contribution in [2.75, 3.05) is 0 Å². The van der Waals surface area contributed by atoms with Crippen LogP contribution in [0.25, 0.3) is 11.4 Å². The molecule has 1 aromatic carbocycles. The third-order valence-corrected chi connectivity index (χ3v) is 4.42. The molecule has 0 amide bonds. The van der Waals surface area contributed by atoms with Crippen LogP contribution in [0.15, 0.2) is 45.9 Å². The van der Waals surface area contributed by atoms with Gasteiger partial charge < -0.3 is 4.42 Å². The minimum Gasteiger partial charge on any atom is -0.460 e. The van der Waals surface area contributed by atoms with Gasteiger partial charge in [0.15, 0.2) is 5.82 Å². The first-order valence-electron chi connectivity index (χ1n) is 7.69. The Morgan fingerprint density at radius 1 is 1.42 bits per heavy atom. The zero-order chi connectivity index (χ0) is 16.7. The first-order valence-corrected chi connectivity index (χ1v) is 8.10. The summed E-state index contributed by atoms with van der Waals surface area (Å²) in [5, 5.41) is 11.1. The number of hydrogen-bond donors (Lipinski definition) is 1. The molecular formula is C17H15FN4OS. The number of aromatic nitrogens is 3. The van der Waals surface area contributed by atoms with Gasteiger partial charge in [-0.15, -0.1) is 0 Å². The van der Waals surface area contributed by atoms with E-state index in [1.807, 2.05) is 12.1 Å². The molecule has 0 spiro atoms. The smallest absolute Gasteiger partial charge is 0.216 e. The van der Waals surface area contributed by atoms with Gasteiger partial charge in [-0.25, -0.2) is 9.49 Å². The number of hydrogen-bond acceptors (Lipinski definition) is 4. The molecule has 1 aliphatic carbocycles. The summed E-state index contributed by atoms with van der Waals surface area (Å²) in [5.41, 5.74) is 0.589. The van der Waals surface area contributed by atoms with E-state index in [1.165, 1.54) is 23.2 Å². The number of halogens is 1. The number of benzene rings is 1. The molecule has 0 bridgehead atoms. The lowest BCUT2D eigenvalue weighted by molar-refractivity contribution is 0.500. The summed E-state index contributed by atoms with van der Waals surface area (Å²) in [6, 6.07) is 10.00. The predicted molar refractivity (Wildman–Crippen MR) is 91.0 cm³/mol. The molecule has 5 nitrogen and oxygen atoms in total. The Hall–Kier alpha value is -2.54. The maximum Gasteiger partial charge on any atom is 0.216 e. The number of nitrogens with zero attached hydrogens (tertiary/aromatic N) is 3. The zero-order valence-electron chi connectivity index (χ0n) is 12.9. The Morgan fingerprint density at radius 3 is 3.00 bits per heavy atom. The van der Waals surface area contributed by atoms with E-state index >= 15 is 0 Å². The molecule has 4 rings (SSSR count). The van der Waals surface area contributed by atoms with E-state index in [9.17, 15) is 4.39 Å². The molecule has 0 saturated heterocycles. The van der Waals surface area contributed by atoms with Crippen molar-refractivity contribution in [2.45, 2.75) is 19.3 Å². The lowest BCUT2D eigenvalue weighted by Gasteiger charge is -2.00. The SMILES string of the molecule is C[C@H]1C[C@@H]1c1ccc(/C=N\n2c(-c3cccc(F)c3)n[nH]c2=S)o1. The fourth-order valence-corrected chi connectivity index (χ4v) is 2.86. The van der Waals surface area contributed by atoms with Gasteiger partial charge in [-0.1, -0.05) is 19.1 Å². The molecule has 0 aliphatic heterocycles. The van der Waals surface area contributed by atoms with Crippen LogP contribution in [0.3, 0.4) is 0 Å². The van der Waals surface area contributed by atoms with Gasteiger partial charge in [0.25, 0.3) is 0 Å².